The monoisotopic (exact) mass is 334 g/mol. The third kappa shape index (κ3) is 2.37. The summed E-state index contributed by atoms with van der Waals surface area (Å²) >= 11 is 3.19. The second kappa shape index (κ2) is 5.30. The van der Waals surface area contributed by atoms with Crippen LogP contribution in [-0.2, 0) is 7.05 Å². The molecule has 0 spiro atoms. The molecule has 0 amide bonds. The molecule has 1 heterocycles. The fraction of sp³-hybridized carbons (Fsp3) is 0.273. The van der Waals surface area contributed by atoms with Crippen molar-refractivity contribution in [3.05, 3.63) is 45.4 Å². The van der Waals surface area contributed by atoms with Crippen LogP contribution in [0.25, 0.3) is 0 Å². The van der Waals surface area contributed by atoms with E-state index in [1.807, 2.05) is 0 Å². The lowest BCUT2D eigenvalue weighted by Gasteiger charge is -2.18. The molecule has 0 bridgehead atoms. The first-order chi connectivity index (χ1) is 8.97. The fourth-order valence-corrected chi connectivity index (χ4v) is 2.40. The molecule has 0 radical (unpaired) electrons. The average molecular weight is 335 g/mol. The van der Waals surface area contributed by atoms with Gasteiger partial charge < -0.3 is 5.32 Å². The number of nitrogens with zero attached hydrogens (tertiary/aromatic N) is 3. The van der Waals surface area contributed by atoms with Crippen molar-refractivity contribution < 1.29 is 13.2 Å². The maximum Gasteiger partial charge on any atom is 0.194 e. The van der Waals surface area contributed by atoms with Crippen LogP contribution in [0.4, 0.5) is 13.2 Å². The first kappa shape index (κ1) is 14.0. The van der Waals surface area contributed by atoms with E-state index in [1.54, 1.807) is 14.1 Å². The standard InChI is InChI=1S/C11H10BrF3N4/c1-16-9(10-11(12)17-18-19(10)2)5-3-4-6(13)8(15)7(5)14/h3-4,9,16H,1-2H3. The maximum atomic E-state index is 13.8. The minimum Gasteiger partial charge on any atom is -0.308 e. The van der Waals surface area contributed by atoms with E-state index < -0.39 is 23.5 Å². The summed E-state index contributed by atoms with van der Waals surface area (Å²) in [5.74, 6) is -3.95. The van der Waals surface area contributed by atoms with Crippen LogP contribution in [0.15, 0.2) is 16.7 Å². The Bertz CT molecular complexity index is 595. The molecule has 8 heteroatoms. The molecular weight excluding hydrogens is 325 g/mol. The van der Waals surface area contributed by atoms with Gasteiger partial charge in [-0.1, -0.05) is 11.3 Å². The van der Waals surface area contributed by atoms with Crippen LogP contribution in [0.3, 0.4) is 0 Å². The highest BCUT2D eigenvalue weighted by molar-refractivity contribution is 9.10. The highest BCUT2D eigenvalue weighted by Crippen LogP contribution is 2.29. The number of aromatic nitrogens is 3. The van der Waals surface area contributed by atoms with Gasteiger partial charge in [0.25, 0.3) is 0 Å². The number of nitrogens with one attached hydrogen (secondary N) is 1. The van der Waals surface area contributed by atoms with E-state index in [-0.39, 0.29) is 5.56 Å². The third-order valence-corrected chi connectivity index (χ3v) is 3.33. The number of hydrogen-bond donors (Lipinski definition) is 1. The van der Waals surface area contributed by atoms with Crippen molar-refractivity contribution in [2.24, 2.45) is 7.05 Å². The van der Waals surface area contributed by atoms with Crippen molar-refractivity contribution in [3.63, 3.8) is 0 Å². The Morgan fingerprint density at radius 3 is 2.47 bits per heavy atom. The minimum absolute atomic E-state index is 0.0208. The van der Waals surface area contributed by atoms with E-state index in [0.717, 1.165) is 6.07 Å². The SMILES string of the molecule is CNC(c1ccc(F)c(F)c1F)c1c(Br)nnn1C. The predicted octanol–water partition coefficient (Wildman–Crippen LogP) is 2.30. The lowest BCUT2D eigenvalue weighted by Crippen LogP contribution is -2.22. The second-order valence-corrected chi connectivity index (χ2v) is 4.63. The maximum absolute atomic E-state index is 13.8. The van der Waals surface area contributed by atoms with Gasteiger partial charge in [0, 0.05) is 12.6 Å². The van der Waals surface area contributed by atoms with E-state index in [0.29, 0.717) is 10.3 Å². The molecule has 0 saturated heterocycles. The van der Waals surface area contributed by atoms with Crippen LogP contribution in [-0.4, -0.2) is 22.0 Å². The Kier molecular flexibility index (Phi) is 3.91. The second-order valence-electron chi connectivity index (χ2n) is 3.88. The summed E-state index contributed by atoms with van der Waals surface area (Å²) in [6.45, 7) is 0. The van der Waals surface area contributed by atoms with E-state index in [4.69, 9.17) is 0 Å². The number of rotatable bonds is 3. The Morgan fingerprint density at radius 1 is 1.26 bits per heavy atom. The summed E-state index contributed by atoms with van der Waals surface area (Å²) in [4.78, 5) is 0. The Hall–Kier alpha value is -1.41. The van der Waals surface area contributed by atoms with Crippen LogP contribution >= 0.6 is 15.9 Å². The smallest absolute Gasteiger partial charge is 0.194 e. The molecule has 1 atom stereocenters. The summed E-state index contributed by atoms with van der Waals surface area (Å²) in [5, 5.41) is 10.4. The van der Waals surface area contributed by atoms with Gasteiger partial charge in [-0.25, -0.2) is 17.9 Å². The van der Waals surface area contributed by atoms with Crippen molar-refractivity contribution in [1.29, 1.82) is 0 Å². The summed E-state index contributed by atoms with van der Waals surface area (Å²) < 4.78 is 41.9. The van der Waals surface area contributed by atoms with E-state index in [2.05, 4.69) is 31.6 Å². The minimum atomic E-state index is -1.50. The molecule has 0 saturated carbocycles. The molecule has 0 aliphatic carbocycles. The summed E-state index contributed by atoms with van der Waals surface area (Å²) in [5.41, 5.74) is 0.486. The largest absolute Gasteiger partial charge is 0.308 e. The van der Waals surface area contributed by atoms with Crippen molar-refractivity contribution in [1.82, 2.24) is 20.3 Å². The molecule has 1 aromatic carbocycles. The molecule has 1 unspecified atom stereocenters. The van der Waals surface area contributed by atoms with Crippen molar-refractivity contribution >= 4 is 15.9 Å². The summed E-state index contributed by atoms with van der Waals surface area (Å²) in [6.07, 6.45) is 0. The van der Waals surface area contributed by atoms with Gasteiger partial charge in [0.1, 0.15) is 0 Å². The predicted molar refractivity (Wildman–Crippen MR) is 65.9 cm³/mol. The van der Waals surface area contributed by atoms with Gasteiger partial charge in [0.2, 0.25) is 0 Å². The molecule has 2 rings (SSSR count). The molecule has 0 fully saturated rings. The summed E-state index contributed by atoms with van der Waals surface area (Å²) in [7, 11) is 3.19. The topological polar surface area (TPSA) is 42.7 Å². The zero-order valence-electron chi connectivity index (χ0n) is 10.1. The van der Waals surface area contributed by atoms with Gasteiger partial charge in [-0.2, -0.15) is 0 Å². The molecule has 4 nitrogen and oxygen atoms in total. The number of hydrogen-bond acceptors (Lipinski definition) is 3. The van der Waals surface area contributed by atoms with Gasteiger partial charge in [-0.3, -0.25) is 0 Å². The molecule has 102 valence electrons. The summed E-state index contributed by atoms with van der Waals surface area (Å²) in [6, 6.07) is 1.37. The van der Waals surface area contributed by atoms with Crippen LogP contribution in [0.2, 0.25) is 0 Å². The Labute approximate surface area is 115 Å². The van der Waals surface area contributed by atoms with Crippen LogP contribution in [0.1, 0.15) is 17.3 Å². The van der Waals surface area contributed by atoms with Crippen LogP contribution in [0.5, 0.6) is 0 Å². The first-order valence-corrected chi connectivity index (χ1v) is 6.12. The molecule has 0 aliphatic heterocycles. The van der Waals surface area contributed by atoms with Crippen LogP contribution < -0.4 is 5.32 Å². The zero-order valence-corrected chi connectivity index (χ0v) is 11.7. The fourth-order valence-electron chi connectivity index (χ4n) is 1.85. The van der Waals surface area contributed by atoms with Gasteiger partial charge in [-0.05, 0) is 29.0 Å². The Morgan fingerprint density at radius 2 is 1.95 bits per heavy atom. The molecule has 1 N–H and O–H groups in total. The molecule has 2 aromatic rings. The number of benzene rings is 1. The Balaban J connectivity index is 2.58. The number of aryl methyl sites for hydroxylation is 1. The first-order valence-electron chi connectivity index (χ1n) is 5.33. The molecule has 0 aliphatic rings. The van der Waals surface area contributed by atoms with Gasteiger partial charge in [-0.15, -0.1) is 5.10 Å². The van der Waals surface area contributed by atoms with Crippen LogP contribution in [0, 0.1) is 17.5 Å². The highest BCUT2D eigenvalue weighted by atomic mass is 79.9. The van der Waals surface area contributed by atoms with E-state index in [9.17, 15) is 13.2 Å². The van der Waals surface area contributed by atoms with Gasteiger partial charge in [0.15, 0.2) is 22.1 Å². The van der Waals surface area contributed by atoms with E-state index >= 15 is 0 Å². The number of halogens is 4. The molecule has 19 heavy (non-hydrogen) atoms. The van der Waals surface area contributed by atoms with Crippen molar-refractivity contribution in [3.8, 4) is 0 Å². The van der Waals surface area contributed by atoms with Gasteiger partial charge >= 0.3 is 0 Å². The highest BCUT2D eigenvalue weighted by Gasteiger charge is 2.25. The average Bonchev–Trinajstić information content (AvgIpc) is 2.71. The third-order valence-electron chi connectivity index (χ3n) is 2.76. The quantitative estimate of drug-likeness (QED) is 0.876. The van der Waals surface area contributed by atoms with Crippen molar-refractivity contribution in [2.45, 2.75) is 6.04 Å². The van der Waals surface area contributed by atoms with E-state index in [1.165, 1.54) is 10.7 Å². The van der Waals surface area contributed by atoms with Gasteiger partial charge in [0.05, 0.1) is 11.7 Å². The van der Waals surface area contributed by atoms with Crippen molar-refractivity contribution in [2.75, 3.05) is 7.05 Å². The zero-order chi connectivity index (χ0) is 14.2. The normalized spacial score (nSPS) is 12.7. The lowest BCUT2D eigenvalue weighted by molar-refractivity contribution is 0.432. The molecule has 1 aromatic heterocycles. The lowest BCUT2D eigenvalue weighted by atomic mass is 10.0. The molecular formula is C11H10BrF3N4.